The van der Waals surface area contributed by atoms with Crippen molar-refractivity contribution in [1.29, 1.82) is 0 Å². The molecule has 2 aromatic heterocycles. The van der Waals surface area contributed by atoms with Crippen molar-refractivity contribution >= 4 is 16.6 Å². The highest BCUT2D eigenvalue weighted by Gasteiger charge is 2.25. The standard InChI is InChI=1S/C21H26N6O4/c28-9-8-27-14-22-18-11-16(1-2-17(18)21(27)29)26-6-4-25(5-7-26)12-19-23-20(31-24-19)15-3-10-30-13-15/h1-2,11,14-15,28H,3-10,12-13H2. The second-order valence-corrected chi connectivity index (χ2v) is 8.04. The third kappa shape index (κ3) is 4.18. The van der Waals surface area contributed by atoms with E-state index in [-0.39, 0.29) is 24.6 Å². The summed E-state index contributed by atoms with van der Waals surface area (Å²) in [6, 6.07) is 5.76. The lowest BCUT2D eigenvalue weighted by Crippen LogP contribution is -2.46. The molecule has 0 amide bonds. The summed E-state index contributed by atoms with van der Waals surface area (Å²) in [5.41, 5.74) is 1.61. The fraction of sp³-hybridized carbons (Fsp3) is 0.524. The number of hydrogen-bond donors (Lipinski definition) is 1. The first-order valence-corrected chi connectivity index (χ1v) is 10.7. The Balaban J connectivity index is 1.21. The minimum atomic E-state index is -0.126. The van der Waals surface area contributed by atoms with E-state index in [9.17, 15) is 4.79 Å². The maximum absolute atomic E-state index is 12.5. The number of fused-ring (bicyclic) bond motifs is 1. The molecule has 164 valence electrons. The van der Waals surface area contributed by atoms with Gasteiger partial charge in [-0.2, -0.15) is 4.98 Å². The van der Waals surface area contributed by atoms with E-state index in [1.807, 2.05) is 18.2 Å². The number of rotatable bonds is 6. The van der Waals surface area contributed by atoms with Gasteiger partial charge in [0.25, 0.3) is 5.56 Å². The molecule has 1 atom stereocenters. The predicted octanol–water partition coefficient (Wildman–Crippen LogP) is 0.598. The SMILES string of the molecule is O=c1c2ccc(N3CCN(Cc4noc(C5CCOC5)n4)CC3)cc2ncn1CCO. The van der Waals surface area contributed by atoms with Crippen LogP contribution in [0.2, 0.25) is 0 Å². The fourth-order valence-electron chi connectivity index (χ4n) is 4.20. The molecule has 4 heterocycles. The van der Waals surface area contributed by atoms with E-state index in [1.165, 1.54) is 10.9 Å². The molecule has 5 rings (SSSR count). The topological polar surface area (TPSA) is 110 Å². The number of nitrogens with zero attached hydrogens (tertiary/aromatic N) is 6. The Morgan fingerprint density at radius 2 is 2.06 bits per heavy atom. The lowest BCUT2D eigenvalue weighted by molar-refractivity contribution is 0.189. The highest BCUT2D eigenvalue weighted by Crippen LogP contribution is 2.24. The Hall–Kier alpha value is -2.82. The van der Waals surface area contributed by atoms with Crippen molar-refractivity contribution in [2.45, 2.75) is 25.4 Å². The van der Waals surface area contributed by atoms with Gasteiger partial charge in [0.05, 0.1) is 49.5 Å². The van der Waals surface area contributed by atoms with Gasteiger partial charge in [0.1, 0.15) is 0 Å². The summed E-state index contributed by atoms with van der Waals surface area (Å²) in [6.07, 6.45) is 2.44. The number of ether oxygens (including phenoxy) is 1. The van der Waals surface area contributed by atoms with Gasteiger partial charge in [0.15, 0.2) is 5.82 Å². The molecule has 0 spiro atoms. The van der Waals surface area contributed by atoms with E-state index < -0.39 is 0 Å². The molecule has 0 aliphatic carbocycles. The molecule has 0 bridgehead atoms. The van der Waals surface area contributed by atoms with Crippen molar-refractivity contribution in [3.8, 4) is 0 Å². The van der Waals surface area contributed by atoms with Gasteiger partial charge in [-0.25, -0.2) is 4.98 Å². The van der Waals surface area contributed by atoms with Crippen LogP contribution >= 0.6 is 0 Å². The molecular weight excluding hydrogens is 400 g/mol. The molecule has 31 heavy (non-hydrogen) atoms. The fourth-order valence-corrected chi connectivity index (χ4v) is 4.20. The molecule has 0 saturated carbocycles. The Kier molecular flexibility index (Phi) is 5.66. The average molecular weight is 426 g/mol. The van der Waals surface area contributed by atoms with Crippen LogP contribution in [0.4, 0.5) is 5.69 Å². The third-order valence-corrected chi connectivity index (χ3v) is 6.01. The first kappa shape index (κ1) is 20.1. The van der Waals surface area contributed by atoms with Crippen molar-refractivity contribution in [1.82, 2.24) is 24.6 Å². The van der Waals surface area contributed by atoms with Gasteiger partial charge in [0.2, 0.25) is 5.89 Å². The number of aromatic nitrogens is 4. The van der Waals surface area contributed by atoms with Gasteiger partial charge in [-0.05, 0) is 24.6 Å². The molecule has 2 aliphatic rings. The summed E-state index contributed by atoms with van der Waals surface area (Å²) in [4.78, 5) is 26.1. The number of benzene rings is 1. The first-order valence-electron chi connectivity index (χ1n) is 10.7. The summed E-state index contributed by atoms with van der Waals surface area (Å²) in [5.74, 6) is 1.64. The van der Waals surface area contributed by atoms with E-state index in [2.05, 4.69) is 24.9 Å². The van der Waals surface area contributed by atoms with Gasteiger partial charge in [-0.15, -0.1) is 0 Å². The maximum Gasteiger partial charge on any atom is 0.261 e. The molecule has 1 aromatic carbocycles. The van der Waals surface area contributed by atoms with E-state index >= 15 is 0 Å². The first-order chi connectivity index (χ1) is 15.2. The second-order valence-electron chi connectivity index (χ2n) is 8.04. The molecule has 1 N–H and O–H groups in total. The summed E-state index contributed by atoms with van der Waals surface area (Å²) < 4.78 is 12.3. The maximum atomic E-state index is 12.5. The van der Waals surface area contributed by atoms with Gasteiger partial charge < -0.3 is 19.3 Å². The van der Waals surface area contributed by atoms with Crippen LogP contribution < -0.4 is 10.5 Å². The van der Waals surface area contributed by atoms with Gasteiger partial charge in [0, 0.05) is 38.5 Å². The normalized spacial score (nSPS) is 20.0. The van der Waals surface area contributed by atoms with Gasteiger partial charge in [-0.3, -0.25) is 14.3 Å². The van der Waals surface area contributed by atoms with Crippen molar-refractivity contribution < 1.29 is 14.4 Å². The number of piperazine rings is 1. The third-order valence-electron chi connectivity index (χ3n) is 6.01. The van der Waals surface area contributed by atoms with Crippen LogP contribution in [0.3, 0.4) is 0 Å². The zero-order chi connectivity index (χ0) is 21.2. The van der Waals surface area contributed by atoms with Gasteiger partial charge >= 0.3 is 0 Å². The summed E-state index contributed by atoms with van der Waals surface area (Å²) >= 11 is 0. The van der Waals surface area contributed by atoms with Gasteiger partial charge in [-0.1, -0.05) is 5.16 Å². The Morgan fingerprint density at radius 1 is 1.19 bits per heavy atom. The zero-order valence-electron chi connectivity index (χ0n) is 17.3. The van der Waals surface area contributed by atoms with E-state index in [0.717, 1.165) is 50.7 Å². The Morgan fingerprint density at radius 3 is 2.84 bits per heavy atom. The van der Waals surface area contributed by atoms with Crippen LogP contribution in [-0.2, 0) is 17.8 Å². The lowest BCUT2D eigenvalue weighted by Gasteiger charge is -2.35. The van der Waals surface area contributed by atoms with E-state index in [0.29, 0.717) is 29.9 Å². The molecule has 2 aliphatic heterocycles. The predicted molar refractivity (Wildman–Crippen MR) is 113 cm³/mol. The quantitative estimate of drug-likeness (QED) is 0.606. The molecule has 2 saturated heterocycles. The van der Waals surface area contributed by atoms with Crippen LogP contribution in [0, 0.1) is 0 Å². The highest BCUT2D eigenvalue weighted by molar-refractivity contribution is 5.81. The van der Waals surface area contributed by atoms with Crippen LogP contribution in [-0.4, -0.2) is 75.7 Å². The second kappa shape index (κ2) is 8.74. The molecule has 1 unspecified atom stereocenters. The van der Waals surface area contributed by atoms with Crippen molar-refractivity contribution in [2.24, 2.45) is 0 Å². The number of hydrogen-bond acceptors (Lipinski definition) is 9. The smallest absolute Gasteiger partial charge is 0.261 e. The number of anilines is 1. The molecule has 3 aromatic rings. The molecule has 10 nitrogen and oxygen atoms in total. The molecule has 2 fully saturated rings. The van der Waals surface area contributed by atoms with Crippen molar-refractivity contribution in [3.05, 3.63) is 46.6 Å². The van der Waals surface area contributed by atoms with Crippen molar-refractivity contribution in [2.75, 3.05) is 50.9 Å². The van der Waals surface area contributed by atoms with E-state index in [1.54, 1.807) is 0 Å². The van der Waals surface area contributed by atoms with Crippen molar-refractivity contribution in [3.63, 3.8) is 0 Å². The molecule has 10 heteroatoms. The number of aliphatic hydroxyl groups excluding tert-OH is 1. The minimum Gasteiger partial charge on any atom is -0.395 e. The Bertz CT molecular complexity index is 1100. The van der Waals surface area contributed by atoms with Crippen LogP contribution in [0.5, 0.6) is 0 Å². The monoisotopic (exact) mass is 426 g/mol. The zero-order valence-corrected chi connectivity index (χ0v) is 17.3. The van der Waals surface area contributed by atoms with E-state index in [4.69, 9.17) is 14.4 Å². The highest BCUT2D eigenvalue weighted by atomic mass is 16.5. The average Bonchev–Trinajstić information content (AvgIpc) is 3.48. The summed E-state index contributed by atoms with van der Waals surface area (Å²) in [5, 5.41) is 13.8. The molecule has 0 radical (unpaired) electrons. The minimum absolute atomic E-state index is 0.0877. The molecular formula is C21H26N6O4. The lowest BCUT2D eigenvalue weighted by atomic mass is 10.1. The number of aliphatic hydroxyl groups is 1. The Labute approximate surface area is 179 Å². The van der Waals surface area contributed by atoms with Crippen LogP contribution in [0.25, 0.3) is 10.9 Å². The largest absolute Gasteiger partial charge is 0.395 e. The summed E-state index contributed by atoms with van der Waals surface area (Å²) in [7, 11) is 0. The van der Waals surface area contributed by atoms with Crippen LogP contribution in [0.1, 0.15) is 24.1 Å². The summed E-state index contributed by atoms with van der Waals surface area (Å²) in [6.45, 7) is 5.78. The van der Waals surface area contributed by atoms with Crippen LogP contribution in [0.15, 0.2) is 33.8 Å².